The van der Waals surface area contributed by atoms with Crippen molar-refractivity contribution in [2.45, 2.75) is 56.5 Å². The fraction of sp³-hybridized carbons (Fsp3) is 0.579. The first-order chi connectivity index (χ1) is 12.1. The summed E-state index contributed by atoms with van der Waals surface area (Å²) in [5, 5.41) is 8.88. The molecule has 1 aliphatic heterocycles. The fourth-order valence-electron chi connectivity index (χ4n) is 3.86. The van der Waals surface area contributed by atoms with Crippen LogP contribution in [0.25, 0.3) is 0 Å². The number of carbonyl (C=O) groups is 2. The van der Waals surface area contributed by atoms with Gasteiger partial charge in [-0.1, -0.05) is 25.0 Å². The average molecular weight is 345 g/mol. The van der Waals surface area contributed by atoms with Gasteiger partial charge in [-0.2, -0.15) is 0 Å². The van der Waals surface area contributed by atoms with E-state index in [9.17, 15) is 9.59 Å². The van der Waals surface area contributed by atoms with E-state index in [0.29, 0.717) is 13.0 Å². The molecule has 1 saturated heterocycles. The van der Waals surface area contributed by atoms with E-state index in [-0.39, 0.29) is 17.5 Å². The number of amides is 3. The van der Waals surface area contributed by atoms with Gasteiger partial charge in [-0.25, -0.2) is 4.79 Å². The maximum absolute atomic E-state index is 12.6. The van der Waals surface area contributed by atoms with Gasteiger partial charge in [-0.15, -0.1) is 0 Å². The van der Waals surface area contributed by atoms with Crippen molar-refractivity contribution < 1.29 is 14.3 Å². The molecule has 6 nitrogen and oxygen atoms in total. The molecule has 6 heteroatoms. The van der Waals surface area contributed by atoms with Crippen LogP contribution in [-0.2, 0) is 10.3 Å². The molecule has 136 valence electrons. The number of hydrogen-bond acceptors (Lipinski definition) is 3. The van der Waals surface area contributed by atoms with Crippen LogP contribution in [0.1, 0.15) is 50.5 Å². The molecule has 2 fully saturated rings. The monoisotopic (exact) mass is 345 g/mol. The van der Waals surface area contributed by atoms with Crippen LogP contribution in [0.2, 0.25) is 0 Å². The Hall–Kier alpha value is -2.24. The second kappa shape index (κ2) is 7.76. The summed E-state index contributed by atoms with van der Waals surface area (Å²) < 4.78 is 5.23. The molecular formula is C19H27N3O3. The molecule has 1 saturated carbocycles. The van der Waals surface area contributed by atoms with E-state index in [0.717, 1.165) is 49.8 Å². The quantitative estimate of drug-likeness (QED) is 0.784. The number of hydrogen-bond donors (Lipinski definition) is 3. The summed E-state index contributed by atoms with van der Waals surface area (Å²) in [6.45, 7) is 0.689. The summed E-state index contributed by atoms with van der Waals surface area (Å²) in [4.78, 5) is 24.6. The van der Waals surface area contributed by atoms with Crippen LogP contribution >= 0.6 is 0 Å². The van der Waals surface area contributed by atoms with Gasteiger partial charge in [-0.05, 0) is 49.8 Å². The van der Waals surface area contributed by atoms with Crippen LogP contribution in [0, 0.1) is 0 Å². The first-order valence-electron chi connectivity index (χ1n) is 9.14. The molecule has 2 aliphatic rings. The van der Waals surface area contributed by atoms with Crippen LogP contribution in [0.4, 0.5) is 4.79 Å². The van der Waals surface area contributed by atoms with Gasteiger partial charge in [0.1, 0.15) is 11.8 Å². The Morgan fingerprint density at radius 3 is 2.56 bits per heavy atom. The highest BCUT2D eigenvalue weighted by atomic mass is 16.5. The molecule has 0 aromatic heterocycles. The molecule has 25 heavy (non-hydrogen) atoms. The van der Waals surface area contributed by atoms with E-state index in [4.69, 9.17) is 4.74 Å². The van der Waals surface area contributed by atoms with Gasteiger partial charge < -0.3 is 20.7 Å². The zero-order valence-corrected chi connectivity index (χ0v) is 14.8. The Morgan fingerprint density at radius 2 is 1.88 bits per heavy atom. The van der Waals surface area contributed by atoms with Crippen molar-refractivity contribution in [2.24, 2.45) is 0 Å². The lowest BCUT2D eigenvalue weighted by molar-refractivity contribution is -0.122. The largest absolute Gasteiger partial charge is 0.497 e. The summed E-state index contributed by atoms with van der Waals surface area (Å²) in [6.07, 6.45) is 6.56. The van der Waals surface area contributed by atoms with Gasteiger partial charge in [-0.3, -0.25) is 4.79 Å². The van der Waals surface area contributed by atoms with Crippen LogP contribution in [0.3, 0.4) is 0 Å². The zero-order chi connectivity index (χ0) is 17.7. The van der Waals surface area contributed by atoms with Crippen LogP contribution in [0.5, 0.6) is 5.75 Å². The third kappa shape index (κ3) is 4.06. The first-order valence-corrected chi connectivity index (χ1v) is 9.14. The van der Waals surface area contributed by atoms with Crippen LogP contribution < -0.4 is 20.7 Å². The molecule has 0 spiro atoms. The van der Waals surface area contributed by atoms with Crippen molar-refractivity contribution in [3.05, 3.63) is 29.8 Å². The molecule has 1 aromatic carbocycles. The highest BCUT2D eigenvalue weighted by Crippen LogP contribution is 2.39. The highest BCUT2D eigenvalue weighted by Gasteiger charge is 2.37. The molecular weight excluding hydrogens is 318 g/mol. The summed E-state index contributed by atoms with van der Waals surface area (Å²) in [6, 6.07) is 7.17. The van der Waals surface area contributed by atoms with Crippen molar-refractivity contribution >= 4 is 11.9 Å². The van der Waals surface area contributed by atoms with Gasteiger partial charge in [0, 0.05) is 6.54 Å². The van der Waals surface area contributed by atoms with E-state index in [1.165, 1.54) is 0 Å². The number of carbonyl (C=O) groups excluding carboxylic acids is 2. The zero-order valence-electron chi connectivity index (χ0n) is 14.8. The van der Waals surface area contributed by atoms with Gasteiger partial charge in [0.2, 0.25) is 5.91 Å². The molecule has 1 aliphatic carbocycles. The highest BCUT2D eigenvalue weighted by molar-refractivity contribution is 5.87. The summed E-state index contributed by atoms with van der Waals surface area (Å²) in [5.74, 6) is 0.717. The predicted octanol–water partition coefficient (Wildman–Crippen LogP) is 2.43. The van der Waals surface area contributed by atoms with Gasteiger partial charge in [0.05, 0.1) is 12.6 Å². The first kappa shape index (κ1) is 17.6. The normalized spacial score (nSPS) is 22.6. The molecule has 0 bridgehead atoms. The van der Waals surface area contributed by atoms with Crippen molar-refractivity contribution in [3.63, 3.8) is 0 Å². The number of benzene rings is 1. The third-order valence-electron chi connectivity index (χ3n) is 5.29. The molecule has 1 unspecified atom stereocenters. The second-order valence-corrected chi connectivity index (χ2v) is 6.96. The molecule has 0 radical (unpaired) electrons. The maximum Gasteiger partial charge on any atom is 0.316 e. The van der Waals surface area contributed by atoms with Crippen molar-refractivity contribution in [1.82, 2.24) is 16.0 Å². The Morgan fingerprint density at radius 1 is 1.16 bits per heavy atom. The average Bonchev–Trinajstić information content (AvgIpc) is 3.00. The van der Waals surface area contributed by atoms with Crippen LogP contribution in [0.15, 0.2) is 24.3 Å². The summed E-state index contributed by atoms with van der Waals surface area (Å²) in [5.41, 5.74) is 0.726. The molecule has 3 rings (SSSR count). The maximum atomic E-state index is 12.6. The van der Waals surface area contributed by atoms with Gasteiger partial charge in [0.15, 0.2) is 0 Å². The Bertz CT molecular complexity index is 609. The molecule has 3 amide bonds. The van der Waals surface area contributed by atoms with E-state index >= 15 is 0 Å². The topological polar surface area (TPSA) is 79.5 Å². The molecule has 1 atom stereocenters. The lowest BCUT2D eigenvalue weighted by atomic mass is 9.88. The van der Waals surface area contributed by atoms with Crippen molar-refractivity contribution in [3.8, 4) is 5.75 Å². The minimum atomic E-state index is -0.447. The lowest BCUT2D eigenvalue weighted by Gasteiger charge is -2.32. The molecule has 3 N–H and O–H groups in total. The number of ether oxygens (including phenoxy) is 1. The van der Waals surface area contributed by atoms with E-state index in [1.807, 2.05) is 24.3 Å². The number of nitrogens with one attached hydrogen (secondary N) is 3. The van der Waals surface area contributed by atoms with Gasteiger partial charge in [0.25, 0.3) is 0 Å². The summed E-state index contributed by atoms with van der Waals surface area (Å²) in [7, 11) is 1.64. The standard InChI is InChI=1S/C19H27N3O3/c1-25-15-9-7-14(8-10-15)19(11-3-4-12-19)22-18(24)21-16-6-2-5-13-20-17(16)23/h7-10,16H,2-6,11-13H2,1H3,(H,20,23)(H2,21,22,24). The minimum absolute atomic E-state index is 0.0856. The Balaban J connectivity index is 1.70. The third-order valence-corrected chi connectivity index (χ3v) is 5.29. The number of rotatable bonds is 4. The van der Waals surface area contributed by atoms with Crippen molar-refractivity contribution in [2.75, 3.05) is 13.7 Å². The predicted molar refractivity (Wildman–Crippen MR) is 95.5 cm³/mol. The number of methoxy groups -OCH3 is 1. The minimum Gasteiger partial charge on any atom is -0.497 e. The van der Waals surface area contributed by atoms with Crippen LogP contribution in [-0.4, -0.2) is 31.6 Å². The SMILES string of the molecule is COc1ccc(C2(NC(=O)NC3CCCCNC3=O)CCCC2)cc1. The fourth-order valence-corrected chi connectivity index (χ4v) is 3.86. The second-order valence-electron chi connectivity index (χ2n) is 6.96. The Labute approximate surface area is 148 Å². The van der Waals surface area contributed by atoms with E-state index in [2.05, 4.69) is 16.0 Å². The Kier molecular flexibility index (Phi) is 5.46. The molecule has 1 aromatic rings. The lowest BCUT2D eigenvalue weighted by Crippen LogP contribution is -2.54. The number of urea groups is 1. The van der Waals surface area contributed by atoms with E-state index < -0.39 is 6.04 Å². The smallest absolute Gasteiger partial charge is 0.316 e. The van der Waals surface area contributed by atoms with E-state index in [1.54, 1.807) is 7.11 Å². The summed E-state index contributed by atoms with van der Waals surface area (Å²) >= 11 is 0. The molecule has 1 heterocycles. The van der Waals surface area contributed by atoms with Gasteiger partial charge >= 0.3 is 6.03 Å². The van der Waals surface area contributed by atoms with Crippen molar-refractivity contribution in [1.29, 1.82) is 0 Å².